The Morgan fingerprint density at radius 1 is 1.10 bits per heavy atom. The van der Waals surface area contributed by atoms with E-state index in [0.717, 1.165) is 0 Å². The summed E-state index contributed by atoms with van der Waals surface area (Å²) in [6.45, 7) is 0. The summed E-state index contributed by atoms with van der Waals surface area (Å²) in [6, 6.07) is 8.29. The molecule has 0 aliphatic heterocycles. The number of rotatable bonds is 5. The van der Waals surface area contributed by atoms with Gasteiger partial charge in [0.15, 0.2) is 11.5 Å². The van der Waals surface area contributed by atoms with Crippen LogP contribution in [0.5, 0.6) is 11.5 Å². The van der Waals surface area contributed by atoms with E-state index in [1.807, 2.05) is 0 Å². The van der Waals surface area contributed by atoms with Gasteiger partial charge < -0.3 is 14.5 Å². The minimum atomic E-state index is -4.89. The quantitative estimate of drug-likeness (QED) is 0.309. The van der Waals surface area contributed by atoms with Gasteiger partial charge in [0.25, 0.3) is 0 Å². The van der Waals surface area contributed by atoms with Crippen LogP contribution in [0.3, 0.4) is 0 Å². The highest BCUT2D eigenvalue weighted by molar-refractivity contribution is 9.10. The number of aromatic nitrogens is 1. The van der Waals surface area contributed by atoms with Crippen LogP contribution >= 0.6 is 27.5 Å². The third-order valence-corrected chi connectivity index (χ3v) is 5.22. The molecule has 1 heterocycles. The zero-order valence-electron chi connectivity index (χ0n) is 15.4. The first-order valence-electron chi connectivity index (χ1n) is 8.23. The standard InChI is InChI=1S/C19H13BrClF3N2O4/c1-29-13-7-11(12(20)8-14(13)30-2)15-17(26(27)28)16(25-18(15)19(22,23)24)9-3-5-10(21)6-4-9/h3-8,25H,1-2H3. The number of aromatic amines is 1. The van der Waals surface area contributed by atoms with Gasteiger partial charge in [-0.2, -0.15) is 13.2 Å². The van der Waals surface area contributed by atoms with Crippen LogP contribution in [0.15, 0.2) is 40.9 Å². The molecule has 3 rings (SSSR count). The number of benzene rings is 2. The molecule has 0 unspecified atom stereocenters. The van der Waals surface area contributed by atoms with Crippen LogP contribution in [0.2, 0.25) is 5.02 Å². The maximum atomic E-state index is 13.9. The summed E-state index contributed by atoms with van der Waals surface area (Å²) in [6.07, 6.45) is -4.89. The Hall–Kier alpha value is -2.72. The van der Waals surface area contributed by atoms with Gasteiger partial charge in [-0.15, -0.1) is 0 Å². The Balaban J connectivity index is 2.42. The molecule has 3 aromatic rings. The van der Waals surface area contributed by atoms with Gasteiger partial charge in [0, 0.05) is 20.6 Å². The van der Waals surface area contributed by atoms with E-state index in [1.165, 1.54) is 50.6 Å². The Bertz CT molecular complexity index is 1110. The molecular formula is C19H13BrClF3N2O4. The van der Waals surface area contributed by atoms with Gasteiger partial charge in [0.1, 0.15) is 11.4 Å². The molecule has 0 radical (unpaired) electrons. The third kappa shape index (κ3) is 3.97. The average Bonchev–Trinajstić information content (AvgIpc) is 3.09. The van der Waals surface area contributed by atoms with Gasteiger partial charge in [-0.25, -0.2) is 0 Å². The SMILES string of the molecule is COc1cc(Br)c(-c2c(C(F)(F)F)[nH]c(-c3ccc(Cl)cc3)c2[N+](=O)[O-])cc1OC. The molecule has 2 aromatic carbocycles. The van der Waals surface area contributed by atoms with E-state index in [4.69, 9.17) is 21.1 Å². The minimum Gasteiger partial charge on any atom is -0.493 e. The highest BCUT2D eigenvalue weighted by Gasteiger charge is 2.43. The van der Waals surface area contributed by atoms with Gasteiger partial charge in [-0.3, -0.25) is 10.1 Å². The van der Waals surface area contributed by atoms with Crippen LogP contribution in [0, 0.1) is 10.1 Å². The summed E-state index contributed by atoms with van der Waals surface area (Å²) in [4.78, 5) is 13.2. The molecule has 0 aliphatic carbocycles. The van der Waals surface area contributed by atoms with Crippen LogP contribution in [-0.2, 0) is 6.18 Å². The number of nitro groups is 1. The molecule has 0 aliphatic rings. The van der Waals surface area contributed by atoms with E-state index in [2.05, 4.69) is 20.9 Å². The van der Waals surface area contributed by atoms with Crippen molar-refractivity contribution >= 4 is 33.2 Å². The summed E-state index contributed by atoms with van der Waals surface area (Å²) in [5.41, 5.74) is -2.79. The Kier molecular flexibility index (Phi) is 6.00. The van der Waals surface area contributed by atoms with E-state index < -0.39 is 28.0 Å². The summed E-state index contributed by atoms with van der Waals surface area (Å²) in [7, 11) is 2.67. The highest BCUT2D eigenvalue weighted by Crippen LogP contribution is 2.50. The molecule has 1 aromatic heterocycles. The van der Waals surface area contributed by atoms with Gasteiger partial charge >= 0.3 is 11.9 Å². The van der Waals surface area contributed by atoms with Crippen molar-refractivity contribution in [2.45, 2.75) is 6.18 Å². The number of alkyl halides is 3. The number of ether oxygens (including phenoxy) is 2. The van der Waals surface area contributed by atoms with Crippen molar-refractivity contribution in [2.24, 2.45) is 0 Å². The predicted octanol–water partition coefficient (Wildman–Crippen LogP) is 6.71. The summed E-state index contributed by atoms with van der Waals surface area (Å²) in [5, 5.41) is 12.2. The number of H-pyrrole nitrogens is 1. The van der Waals surface area contributed by atoms with Crippen LogP contribution < -0.4 is 9.47 Å². The van der Waals surface area contributed by atoms with Crippen molar-refractivity contribution in [3.8, 4) is 33.9 Å². The van der Waals surface area contributed by atoms with Crippen LogP contribution in [0.25, 0.3) is 22.4 Å². The van der Waals surface area contributed by atoms with E-state index in [9.17, 15) is 23.3 Å². The Morgan fingerprint density at radius 3 is 2.17 bits per heavy atom. The molecule has 0 saturated heterocycles. The molecule has 158 valence electrons. The van der Waals surface area contributed by atoms with Gasteiger partial charge in [-0.05, 0) is 24.3 Å². The lowest BCUT2D eigenvalue weighted by atomic mass is 10.0. The van der Waals surface area contributed by atoms with Gasteiger partial charge in [0.05, 0.1) is 24.7 Å². The first-order chi connectivity index (χ1) is 14.1. The van der Waals surface area contributed by atoms with E-state index in [-0.39, 0.29) is 32.8 Å². The summed E-state index contributed by atoms with van der Waals surface area (Å²) < 4.78 is 52.1. The van der Waals surface area contributed by atoms with Crippen molar-refractivity contribution in [1.82, 2.24) is 4.98 Å². The largest absolute Gasteiger partial charge is 0.493 e. The highest BCUT2D eigenvalue weighted by atomic mass is 79.9. The number of nitrogens with zero attached hydrogens (tertiary/aromatic N) is 1. The Labute approximate surface area is 181 Å². The molecule has 0 spiro atoms. The van der Waals surface area contributed by atoms with E-state index >= 15 is 0 Å². The zero-order valence-corrected chi connectivity index (χ0v) is 17.8. The maximum absolute atomic E-state index is 13.9. The lowest BCUT2D eigenvalue weighted by molar-refractivity contribution is -0.383. The predicted molar refractivity (Wildman–Crippen MR) is 109 cm³/mol. The van der Waals surface area contributed by atoms with Crippen LogP contribution in [-0.4, -0.2) is 24.1 Å². The van der Waals surface area contributed by atoms with Gasteiger partial charge in [0.2, 0.25) is 0 Å². The fraction of sp³-hybridized carbons (Fsp3) is 0.158. The molecule has 30 heavy (non-hydrogen) atoms. The fourth-order valence-electron chi connectivity index (χ4n) is 3.02. The first-order valence-corrected chi connectivity index (χ1v) is 9.41. The monoisotopic (exact) mass is 504 g/mol. The second kappa shape index (κ2) is 8.19. The topological polar surface area (TPSA) is 77.4 Å². The van der Waals surface area contributed by atoms with E-state index in [1.54, 1.807) is 0 Å². The van der Waals surface area contributed by atoms with Crippen molar-refractivity contribution in [2.75, 3.05) is 14.2 Å². The molecular weight excluding hydrogens is 493 g/mol. The number of hydrogen-bond acceptors (Lipinski definition) is 4. The number of methoxy groups -OCH3 is 2. The molecule has 6 nitrogen and oxygen atoms in total. The molecule has 0 atom stereocenters. The number of hydrogen-bond donors (Lipinski definition) is 1. The molecule has 0 saturated carbocycles. The third-order valence-electron chi connectivity index (χ3n) is 4.32. The maximum Gasteiger partial charge on any atom is 0.432 e. The summed E-state index contributed by atoms with van der Waals surface area (Å²) in [5.74, 6) is 0.366. The molecule has 0 bridgehead atoms. The second-order valence-electron chi connectivity index (χ2n) is 6.05. The lowest BCUT2D eigenvalue weighted by Crippen LogP contribution is -2.08. The first kappa shape index (κ1) is 22.0. The summed E-state index contributed by atoms with van der Waals surface area (Å²) >= 11 is 9.02. The molecule has 0 amide bonds. The minimum absolute atomic E-state index is 0.0804. The molecule has 1 N–H and O–H groups in total. The molecule has 11 heteroatoms. The smallest absolute Gasteiger partial charge is 0.432 e. The fourth-order valence-corrected chi connectivity index (χ4v) is 3.67. The molecule has 0 fully saturated rings. The average molecular weight is 506 g/mol. The lowest BCUT2D eigenvalue weighted by Gasteiger charge is -2.13. The Morgan fingerprint density at radius 2 is 1.67 bits per heavy atom. The van der Waals surface area contributed by atoms with Crippen molar-refractivity contribution in [3.05, 3.63) is 61.7 Å². The van der Waals surface area contributed by atoms with Crippen molar-refractivity contribution in [1.29, 1.82) is 0 Å². The van der Waals surface area contributed by atoms with Crippen molar-refractivity contribution < 1.29 is 27.6 Å². The van der Waals surface area contributed by atoms with E-state index in [0.29, 0.717) is 5.02 Å². The zero-order chi connectivity index (χ0) is 22.2. The normalized spacial score (nSPS) is 11.4. The second-order valence-corrected chi connectivity index (χ2v) is 7.34. The number of nitrogens with one attached hydrogen (secondary N) is 1. The number of halogens is 5. The van der Waals surface area contributed by atoms with Gasteiger partial charge in [-0.1, -0.05) is 39.7 Å². The van der Waals surface area contributed by atoms with Crippen LogP contribution in [0.4, 0.5) is 18.9 Å². The van der Waals surface area contributed by atoms with Crippen LogP contribution in [0.1, 0.15) is 5.69 Å². The van der Waals surface area contributed by atoms with Crippen molar-refractivity contribution in [3.63, 3.8) is 0 Å².